The fourth-order valence-corrected chi connectivity index (χ4v) is 3.69. The SMILES string of the molecule is CC(C)(CC(=O)O)CC(=O)NC[C@]1(O)CCN(c2ccnc3ccncc23)C1. The van der Waals surface area contributed by atoms with Crippen LogP contribution in [-0.4, -0.2) is 57.3 Å². The number of aliphatic carboxylic acids is 1. The highest BCUT2D eigenvalue weighted by Crippen LogP contribution is 2.31. The minimum atomic E-state index is -1.04. The Hall–Kier alpha value is -2.74. The van der Waals surface area contributed by atoms with Crippen LogP contribution >= 0.6 is 0 Å². The van der Waals surface area contributed by atoms with E-state index < -0.39 is 17.0 Å². The number of hydrogen-bond acceptors (Lipinski definition) is 6. The molecular weight excluding hydrogens is 360 g/mol. The quantitative estimate of drug-likeness (QED) is 0.661. The van der Waals surface area contributed by atoms with Crippen LogP contribution in [0.1, 0.15) is 33.1 Å². The van der Waals surface area contributed by atoms with Crippen LogP contribution < -0.4 is 10.2 Å². The zero-order valence-electron chi connectivity index (χ0n) is 16.2. The predicted octanol–water partition coefficient (Wildman–Crippen LogP) is 1.58. The summed E-state index contributed by atoms with van der Waals surface area (Å²) in [7, 11) is 0. The van der Waals surface area contributed by atoms with Crippen LogP contribution in [-0.2, 0) is 9.59 Å². The van der Waals surface area contributed by atoms with Gasteiger partial charge in [-0.15, -0.1) is 0 Å². The third kappa shape index (κ3) is 4.75. The van der Waals surface area contributed by atoms with Gasteiger partial charge in [-0.05, 0) is 24.0 Å². The molecule has 0 aliphatic carbocycles. The second kappa shape index (κ2) is 7.71. The lowest BCUT2D eigenvalue weighted by molar-refractivity contribution is -0.139. The summed E-state index contributed by atoms with van der Waals surface area (Å²) in [6.45, 7) is 4.67. The number of carboxylic acids is 1. The molecule has 1 aliphatic heterocycles. The molecule has 0 aromatic carbocycles. The molecule has 150 valence electrons. The zero-order valence-corrected chi connectivity index (χ0v) is 16.2. The van der Waals surface area contributed by atoms with E-state index in [1.165, 1.54) is 0 Å². The van der Waals surface area contributed by atoms with Crippen molar-refractivity contribution in [2.45, 2.75) is 38.7 Å². The normalized spacial score (nSPS) is 19.8. The zero-order chi connectivity index (χ0) is 20.4. The van der Waals surface area contributed by atoms with E-state index in [2.05, 4.69) is 20.2 Å². The number of hydrogen-bond donors (Lipinski definition) is 3. The fourth-order valence-electron chi connectivity index (χ4n) is 3.69. The summed E-state index contributed by atoms with van der Waals surface area (Å²) >= 11 is 0. The molecule has 8 heteroatoms. The average molecular weight is 386 g/mol. The predicted molar refractivity (Wildman–Crippen MR) is 105 cm³/mol. The summed E-state index contributed by atoms with van der Waals surface area (Å²) < 4.78 is 0. The molecule has 3 heterocycles. The molecule has 2 aromatic rings. The van der Waals surface area contributed by atoms with Crippen molar-refractivity contribution in [3.05, 3.63) is 30.7 Å². The summed E-state index contributed by atoms with van der Waals surface area (Å²) in [5, 5.41) is 23.5. The number of aromatic nitrogens is 2. The Morgan fingerprint density at radius 3 is 2.82 bits per heavy atom. The van der Waals surface area contributed by atoms with E-state index in [0.717, 1.165) is 16.6 Å². The number of pyridine rings is 2. The molecule has 0 unspecified atom stereocenters. The van der Waals surface area contributed by atoms with E-state index in [9.17, 15) is 14.7 Å². The number of nitrogens with zero attached hydrogens (tertiary/aromatic N) is 3. The maximum absolute atomic E-state index is 12.2. The van der Waals surface area contributed by atoms with Crippen LogP contribution in [0.15, 0.2) is 30.7 Å². The fraction of sp³-hybridized carbons (Fsp3) is 0.500. The Kier molecular flexibility index (Phi) is 5.51. The molecular formula is C20H26N4O4. The summed E-state index contributed by atoms with van der Waals surface area (Å²) in [6.07, 6.45) is 5.74. The number of anilines is 1. The first-order chi connectivity index (χ1) is 13.2. The number of amides is 1. The van der Waals surface area contributed by atoms with Crippen LogP contribution in [0.4, 0.5) is 5.69 Å². The highest BCUT2D eigenvalue weighted by molar-refractivity contribution is 5.90. The summed E-state index contributed by atoms with van der Waals surface area (Å²) in [4.78, 5) is 33.7. The molecule has 0 radical (unpaired) electrons. The molecule has 1 atom stereocenters. The lowest BCUT2D eigenvalue weighted by Crippen LogP contribution is -2.45. The number of fused-ring (bicyclic) bond motifs is 1. The standard InChI is InChI=1S/C20H26N4O4/c1-19(2,10-18(26)27)9-17(25)23-12-20(28)5-8-24(13-20)16-4-7-22-15-3-6-21-11-14(15)16/h3-4,6-7,11,28H,5,8-10,12-13H2,1-2H3,(H,23,25)(H,26,27)/t20-/m1/s1. The van der Waals surface area contributed by atoms with Crippen LogP contribution in [0.5, 0.6) is 0 Å². The minimum absolute atomic E-state index is 0.0817. The summed E-state index contributed by atoms with van der Waals surface area (Å²) in [6, 6.07) is 3.75. The number of aliphatic hydroxyl groups is 1. The molecule has 1 fully saturated rings. The van der Waals surface area contributed by atoms with Crippen LogP contribution in [0.2, 0.25) is 0 Å². The minimum Gasteiger partial charge on any atom is -0.481 e. The molecule has 8 nitrogen and oxygen atoms in total. The Balaban J connectivity index is 1.61. The highest BCUT2D eigenvalue weighted by atomic mass is 16.4. The van der Waals surface area contributed by atoms with E-state index in [-0.39, 0.29) is 25.3 Å². The van der Waals surface area contributed by atoms with E-state index in [4.69, 9.17) is 5.11 Å². The van der Waals surface area contributed by atoms with Crippen LogP contribution in [0, 0.1) is 5.41 Å². The van der Waals surface area contributed by atoms with Crippen molar-refractivity contribution in [1.82, 2.24) is 15.3 Å². The van der Waals surface area contributed by atoms with Gasteiger partial charge in [-0.1, -0.05) is 13.8 Å². The van der Waals surface area contributed by atoms with Gasteiger partial charge in [0.05, 0.1) is 11.9 Å². The Labute approximate surface area is 163 Å². The molecule has 0 bridgehead atoms. The number of carbonyl (C=O) groups excluding carboxylic acids is 1. The van der Waals surface area contributed by atoms with Gasteiger partial charge in [-0.3, -0.25) is 19.6 Å². The van der Waals surface area contributed by atoms with Crippen molar-refractivity contribution in [3.8, 4) is 0 Å². The first-order valence-electron chi connectivity index (χ1n) is 9.32. The Bertz CT molecular complexity index is 880. The summed E-state index contributed by atoms with van der Waals surface area (Å²) in [5.74, 6) is -1.18. The Morgan fingerprint density at radius 1 is 1.29 bits per heavy atom. The van der Waals surface area contributed by atoms with Crippen molar-refractivity contribution in [3.63, 3.8) is 0 Å². The van der Waals surface area contributed by atoms with E-state index in [0.29, 0.717) is 19.5 Å². The van der Waals surface area contributed by atoms with Crippen LogP contribution in [0.25, 0.3) is 10.9 Å². The Morgan fingerprint density at radius 2 is 2.07 bits per heavy atom. The molecule has 1 amide bonds. The van der Waals surface area contributed by atoms with E-state index in [1.54, 1.807) is 32.4 Å². The highest BCUT2D eigenvalue weighted by Gasteiger charge is 2.37. The average Bonchev–Trinajstić information content (AvgIpc) is 3.00. The van der Waals surface area contributed by atoms with Gasteiger partial charge >= 0.3 is 5.97 Å². The van der Waals surface area contributed by atoms with Gasteiger partial charge < -0.3 is 20.4 Å². The topological polar surface area (TPSA) is 116 Å². The molecule has 1 saturated heterocycles. The van der Waals surface area contributed by atoms with Crippen molar-refractivity contribution in [1.29, 1.82) is 0 Å². The monoisotopic (exact) mass is 386 g/mol. The second-order valence-electron chi connectivity index (χ2n) is 8.31. The van der Waals surface area contributed by atoms with Gasteiger partial charge in [-0.2, -0.15) is 0 Å². The molecule has 2 aromatic heterocycles. The van der Waals surface area contributed by atoms with Gasteiger partial charge in [0.2, 0.25) is 5.91 Å². The maximum Gasteiger partial charge on any atom is 0.303 e. The van der Waals surface area contributed by atoms with Crippen molar-refractivity contribution in [2.24, 2.45) is 5.41 Å². The molecule has 28 heavy (non-hydrogen) atoms. The lowest BCUT2D eigenvalue weighted by Gasteiger charge is -2.26. The number of rotatable bonds is 7. The number of carbonyl (C=O) groups is 2. The van der Waals surface area contributed by atoms with Gasteiger partial charge in [0.15, 0.2) is 0 Å². The van der Waals surface area contributed by atoms with E-state index in [1.807, 2.05) is 12.1 Å². The third-order valence-corrected chi connectivity index (χ3v) is 5.08. The number of β-amino-alcohol motifs (C(OH)–C–C–N with tert-alkyl or cyclic N) is 1. The molecule has 0 saturated carbocycles. The first-order valence-corrected chi connectivity index (χ1v) is 9.32. The van der Waals surface area contributed by atoms with Gasteiger partial charge in [0, 0.05) is 55.7 Å². The second-order valence-corrected chi connectivity index (χ2v) is 8.31. The molecule has 0 spiro atoms. The van der Waals surface area contributed by atoms with Gasteiger partial charge in [0.25, 0.3) is 0 Å². The van der Waals surface area contributed by atoms with Gasteiger partial charge in [0.1, 0.15) is 5.60 Å². The van der Waals surface area contributed by atoms with Crippen molar-refractivity contribution in [2.75, 3.05) is 24.5 Å². The largest absolute Gasteiger partial charge is 0.481 e. The molecule has 3 N–H and O–H groups in total. The first kappa shape index (κ1) is 20.0. The van der Waals surface area contributed by atoms with E-state index >= 15 is 0 Å². The van der Waals surface area contributed by atoms with Crippen molar-refractivity contribution >= 4 is 28.5 Å². The number of carboxylic acid groups (broad SMARTS) is 1. The maximum atomic E-state index is 12.2. The number of nitrogens with one attached hydrogen (secondary N) is 1. The molecule has 1 aliphatic rings. The van der Waals surface area contributed by atoms with Crippen LogP contribution in [0.3, 0.4) is 0 Å². The lowest BCUT2D eigenvalue weighted by atomic mass is 9.85. The van der Waals surface area contributed by atoms with Crippen molar-refractivity contribution < 1.29 is 19.8 Å². The van der Waals surface area contributed by atoms with Gasteiger partial charge in [-0.25, -0.2) is 0 Å². The molecule has 3 rings (SSSR count). The summed E-state index contributed by atoms with van der Waals surface area (Å²) in [5.41, 5.74) is 0.132. The smallest absolute Gasteiger partial charge is 0.303 e. The third-order valence-electron chi connectivity index (χ3n) is 5.08.